The van der Waals surface area contributed by atoms with Gasteiger partial charge >= 0.3 is 0 Å². The Hall–Kier alpha value is -1.26. The van der Waals surface area contributed by atoms with Crippen molar-refractivity contribution in [3.05, 3.63) is 52.8 Å². The van der Waals surface area contributed by atoms with Gasteiger partial charge in [-0.25, -0.2) is 0 Å². The van der Waals surface area contributed by atoms with Crippen molar-refractivity contribution in [1.82, 2.24) is 4.57 Å². The molecule has 2 N–H and O–H groups in total. The third kappa shape index (κ3) is 3.61. The molecule has 0 spiro atoms. The molecule has 3 nitrogen and oxygen atoms in total. The second-order valence-corrected chi connectivity index (χ2v) is 4.68. The van der Waals surface area contributed by atoms with Crippen molar-refractivity contribution >= 4 is 15.9 Å². The number of aromatic nitrogens is 1. The van der Waals surface area contributed by atoms with Crippen molar-refractivity contribution < 1.29 is 4.74 Å². The molecule has 2 aromatic rings. The summed E-state index contributed by atoms with van der Waals surface area (Å²) in [4.78, 5) is 0. The van der Waals surface area contributed by atoms with Gasteiger partial charge in [0.1, 0.15) is 12.4 Å². The number of ether oxygens (including phenoxy) is 1. The molecular weight excluding hydrogens is 280 g/mol. The highest BCUT2D eigenvalue weighted by molar-refractivity contribution is 9.10. The number of rotatable bonds is 5. The summed E-state index contributed by atoms with van der Waals surface area (Å²) in [6.07, 6.45) is 4.07. The van der Waals surface area contributed by atoms with Crippen LogP contribution >= 0.6 is 15.9 Å². The van der Waals surface area contributed by atoms with Crippen molar-refractivity contribution in [2.75, 3.05) is 6.61 Å². The first kappa shape index (κ1) is 12.2. The molecule has 0 aliphatic carbocycles. The Balaban J connectivity index is 1.83. The van der Waals surface area contributed by atoms with Crippen LogP contribution < -0.4 is 10.5 Å². The Morgan fingerprint density at radius 3 is 2.88 bits per heavy atom. The largest absolute Gasteiger partial charge is 0.492 e. The fourth-order valence-electron chi connectivity index (χ4n) is 1.58. The molecule has 90 valence electrons. The Morgan fingerprint density at radius 2 is 2.18 bits per heavy atom. The van der Waals surface area contributed by atoms with E-state index < -0.39 is 0 Å². The van der Waals surface area contributed by atoms with Crippen LogP contribution in [0.3, 0.4) is 0 Å². The molecule has 1 aromatic heterocycles. The molecule has 4 heteroatoms. The standard InChI is InChI=1S/C13H15BrN2O/c14-12-2-1-3-13(8-12)17-7-6-16-5-4-11(9-15)10-16/h1-5,8,10H,6-7,9,15H2. The molecule has 0 radical (unpaired) electrons. The zero-order valence-corrected chi connectivity index (χ0v) is 11.1. The van der Waals surface area contributed by atoms with E-state index in [9.17, 15) is 0 Å². The van der Waals surface area contributed by atoms with Gasteiger partial charge in [-0.3, -0.25) is 0 Å². The Morgan fingerprint density at radius 1 is 1.29 bits per heavy atom. The molecule has 1 aromatic carbocycles. The summed E-state index contributed by atoms with van der Waals surface area (Å²) in [5.74, 6) is 0.880. The lowest BCUT2D eigenvalue weighted by atomic mass is 10.3. The second kappa shape index (κ2) is 5.89. The molecule has 0 unspecified atom stereocenters. The average molecular weight is 295 g/mol. The summed E-state index contributed by atoms with van der Waals surface area (Å²) in [6.45, 7) is 2.06. The number of benzene rings is 1. The smallest absolute Gasteiger partial charge is 0.120 e. The van der Waals surface area contributed by atoms with Gasteiger partial charge < -0.3 is 15.0 Å². The van der Waals surface area contributed by atoms with E-state index in [0.717, 1.165) is 22.3 Å². The van der Waals surface area contributed by atoms with Crippen molar-refractivity contribution in [3.63, 3.8) is 0 Å². The first-order valence-electron chi connectivity index (χ1n) is 5.51. The molecule has 0 atom stereocenters. The molecule has 2 rings (SSSR count). The van der Waals surface area contributed by atoms with Gasteiger partial charge in [0, 0.05) is 23.4 Å². The second-order valence-electron chi connectivity index (χ2n) is 3.77. The number of hydrogen-bond donors (Lipinski definition) is 1. The SMILES string of the molecule is NCc1ccn(CCOc2cccc(Br)c2)c1. The Kier molecular flexibility index (Phi) is 4.23. The molecule has 1 heterocycles. The van der Waals surface area contributed by atoms with Crippen LogP contribution in [0, 0.1) is 0 Å². The van der Waals surface area contributed by atoms with Crippen LogP contribution in [0.4, 0.5) is 0 Å². The monoisotopic (exact) mass is 294 g/mol. The van der Waals surface area contributed by atoms with Gasteiger partial charge in [-0.2, -0.15) is 0 Å². The summed E-state index contributed by atoms with van der Waals surface area (Å²) in [5, 5.41) is 0. The van der Waals surface area contributed by atoms with Gasteiger partial charge in [-0.05, 0) is 29.8 Å². The quantitative estimate of drug-likeness (QED) is 0.921. The summed E-state index contributed by atoms with van der Waals surface area (Å²) < 4.78 is 8.76. The van der Waals surface area contributed by atoms with Crippen LogP contribution in [0.5, 0.6) is 5.75 Å². The maximum atomic E-state index is 5.65. The fourth-order valence-corrected chi connectivity index (χ4v) is 1.95. The predicted octanol–water partition coefficient (Wildman–Crippen LogP) is 2.79. The van der Waals surface area contributed by atoms with E-state index in [4.69, 9.17) is 10.5 Å². The first-order valence-corrected chi connectivity index (χ1v) is 6.30. The lowest BCUT2D eigenvalue weighted by Crippen LogP contribution is -2.06. The van der Waals surface area contributed by atoms with E-state index in [1.807, 2.05) is 42.7 Å². The molecule has 0 fully saturated rings. The number of hydrogen-bond acceptors (Lipinski definition) is 2. The van der Waals surface area contributed by atoms with Gasteiger partial charge in [0.2, 0.25) is 0 Å². The summed E-state index contributed by atoms with van der Waals surface area (Å²) in [5.41, 5.74) is 6.70. The zero-order chi connectivity index (χ0) is 12.1. The topological polar surface area (TPSA) is 40.2 Å². The summed E-state index contributed by atoms with van der Waals surface area (Å²) in [6, 6.07) is 9.87. The van der Waals surface area contributed by atoms with E-state index in [2.05, 4.69) is 20.5 Å². The lowest BCUT2D eigenvalue weighted by Gasteiger charge is -2.07. The van der Waals surface area contributed by atoms with Crippen LogP contribution in [-0.2, 0) is 13.1 Å². The minimum atomic E-state index is 0.583. The van der Waals surface area contributed by atoms with Crippen molar-refractivity contribution in [2.24, 2.45) is 5.73 Å². The maximum Gasteiger partial charge on any atom is 0.120 e. The molecule has 0 aliphatic rings. The summed E-state index contributed by atoms with van der Waals surface area (Å²) in [7, 11) is 0. The van der Waals surface area contributed by atoms with Gasteiger partial charge in [-0.1, -0.05) is 22.0 Å². The molecule has 0 aliphatic heterocycles. The average Bonchev–Trinajstić information content (AvgIpc) is 2.77. The number of nitrogens with two attached hydrogens (primary N) is 1. The molecule has 0 amide bonds. The molecule has 0 bridgehead atoms. The van der Waals surface area contributed by atoms with Crippen LogP contribution in [0.1, 0.15) is 5.56 Å². The Bertz CT molecular complexity index is 482. The molecular formula is C13H15BrN2O. The van der Waals surface area contributed by atoms with E-state index >= 15 is 0 Å². The lowest BCUT2D eigenvalue weighted by molar-refractivity contribution is 0.298. The van der Waals surface area contributed by atoms with Crippen LogP contribution in [0.25, 0.3) is 0 Å². The minimum Gasteiger partial charge on any atom is -0.492 e. The number of halogens is 1. The van der Waals surface area contributed by atoms with Gasteiger partial charge in [-0.15, -0.1) is 0 Å². The summed E-state index contributed by atoms with van der Waals surface area (Å²) >= 11 is 3.41. The number of nitrogens with zero attached hydrogens (tertiary/aromatic N) is 1. The van der Waals surface area contributed by atoms with Crippen LogP contribution in [0.15, 0.2) is 47.2 Å². The van der Waals surface area contributed by atoms with Crippen molar-refractivity contribution in [3.8, 4) is 5.75 Å². The third-order valence-electron chi connectivity index (χ3n) is 2.46. The fraction of sp³-hybridized carbons (Fsp3) is 0.231. The van der Waals surface area contributed by atoms with Crippen LogP contribution in [-0.4, -0.2) is 11.2 Å². The highest BCUT2D eigenvalue weighted by Gasteiger charge is 1.97. The van der Waals surface area contributed by atoms with Crippen molar-refractivity contribution in [1.29, 1.82) is 0 Å². The Labute approximate surface area is 109 Å². The van der Waals surface area contributed by atoms with Gasteiger partial charge in [0.25, 0.3) is 0 Å². The van der Waals surface area contributed by atoms with Crippen LogP contribution in [0.2, 0.25) is 0 Å². The third-order valence-corrected chi connectivity index (χ3v) is 2.95. The van der Waals surface area contributed by atoms with Gasteiger partial charge in [0.05, 0.1) is 6.54 Å². The molecule has 17 heavy (non-hydrogen) atoms. The highest BCUT2D eigenvalue weighted by Crippen LogP contribution is 2.17. The molecule has 0 saturated carbocycles. The normalized spacial score (nSPS) is 10.5. The van der Waals surface area contributed by atoms with E-state index in [0.29, 0.717) is 13.2 Å². The van der Waals surface area contributed by atoms with Gasteiger partial charge in [0.15, 0.2) is 0 Å². The van der Waals surface area contributed by atoms with E-state index in [1.54, 1.807) is 0 Å². The molecule has 0 saturated heterocycles. The van der Waals surface area contributed by atoms with Crippen molar-refractivity contribution in [2.45, 2.75) is 13.1 Å². The highest BCUT2D eigenvalue weighted by atomic mass is 79.9. The minimum absolute atomic E-state index is 0.583. The maximum absolute atomic E-state index is 5.65. The van der Waals surface area contributed by atoms with E-state index in [-0.39, 0.29) is 0 Å². The first-order chi connectivity index (χ1) is 8.28. The predicted molar refractivity (Wildman–Crippen MR) is 72.0 cm³/mol. The zero-order valence-electron chi connectivity index (χ0n) is 9.47. The van der Waals surface area contributed by atoms with E-state index in [1.165, 1.54) is 0 Å².